The smallest absolute Gasteiger partial charge is 0.282 e. The van der Waals surface area contributed by atoms with Crippen LogP contribution in [-0.2, 0) is 10.2 Å². The monoisotopic (exact) mass is 337 g/mol. The van der Waals surface area contributed by atoms with Crippen molar-refractivity contribution in [2.45, 2.75) is 39.2 Å². The van der Waals surface area contributed by atoms with Crippen LogP contribution in [0.25, 0.3) is 0 Å². The van der Waals surface area contributed by atoms with Crippen molar-refractivity contribution in [2.75, 3.05) is 45.2 Å². The Morgan fingerprint density at radius 2 is 2.14 bits per heavy atom. The summed E-state index contributed by atoms with van der Waals surface area (Å²) < 4.78 is 28.9. The van der Waals surface area contributed by atoms with Crippen LogP contribution < -0.4 is 5.32 Å². The summed E-state index contributed by atoms with van der Waals surface area (Å²) in [4.78, 5) is 0. The second-order valence-electron chi connectivity index (χ2n) is 5.72. The van der Waals surface area contributed by atoms with Gasteiger partial charge in [0.2, 0.25) is 0 Å². The van der Waals surface area contributed by atoms with Crippen LogP contribution in [0, 0.1) is 5.92 Å². The minimum atomic E-state index is -3.33. The topological polar surface area (TPSA) is 52.7 Å². The van der Waals surface area contributed by atoms with E-state index in [4.69, 9.17) is 0 Å². The first-order chi connectivity index (χ1) is 9.97. The molecule has 5 nitrogen and oxygen atoms in total. The van der Waals surface area contributed by atoms with Gasteiger partial charge in [-0.2, -0.15) is 28.8 Å². The average Bonchev–Trinajstić information content (AvgIpc) is 2.50. The van der Waals surface area contributed by atoms with Gasteiger partial charge in [0.05, 0.1) is 0 Å². The van der Waals surface area contributed by atoms with Gasteiger partial charge in [0.1, 0.15) is 0 Å². The Kier molecular flexibility index (Phi) is 8.56. The maximum atomic E-state index is 12.8. The summed E-state index contributed by atoms with van der Waals surface area (Å²) in [5.41, 5.74) is 0. The summed E-state index contributed by atoms with van der Waals surface area (Å²) >= 11 is 1.70. The molecule has 1 rings (SSSR count). The predicted octanol–water partition coefficient (Wildman–Crippen LogP) is 1.63. The highest BCUT2D eigenvalue weighted by molar-refractivity contribution is 7.98. The van der Waals surface area contributed by atoms with Crippen molar-refractivity contribution in [1.82, 2.24) is 13.9 Å². The van der Waals surface area contributed by atoms with Crippen LogP contribution in [0.15, 0.2) is 0 Å². The van der Waals surface area contributed by atoms with E-state index in [-0.39, 0.29) is 6.04 Å². The van der Waals surface area contributed by atoms with Crippen LogP contribution in [-0.4, -0.2) is 68.3 Å². The van der Waals surface area contributed by atoms with Crippen molar-refractivity contribution < 1.29 is 8.42 Å². The fraction of sp³-hybridized carbons (Fsp3) is 1.00. The molecule has 1 aliphatic heterocycles. The van der Waals surface area contributed by atoms with E-state index in [0.29, 0.717) is 19.0 Å². The van der Waals surface area contributed by atoms with E-state index >= 15 is 0 Å². The van der Waals surface area contributed by atoms with Gasteiger partial charge >= 0.3 is 0 Å². The first-order valence-corrected chi connectivity index (χ1v) is 10.7. The van der Waals surface area contributed by atoms with Crippen LogP contribution in [0.4, 0.5) is 0 Å². The zero-order valence-electron chi connectivity index (χ0n) is 13.8. The lowest BCUT2D eigenvalue weighted by Crippen LogP contribution is -2.51. The van der Waals surface area contributed by atoms with Crippen molar-refractivity contribution in [3.63, 3.8) is 0 Å². The first kappa shape index (κ1) is 19.2. The molecule has 126 valence electrons. The van der Waals surface area contributed by atoms with Crippen LogP contribution in [0.3, 0.4) is 0 Å². The van der Waals surface area contributed by atoms with Gasteiger partial charge in [0.15, 0.2) is 0 Å². The third-order valence-electron chi connectivity index (χ3n) is 4.20. The molecule has 2 atom stereocenters. The van der Waals surface area contributed by atoms with Gasteiger partial charge in [-0.3, -0.25) is 0 Å². The van der Waals surface area contributed by atoms with Gasteiger partial charge in [-0.1, -0.05) is 13.8 Å². The van der Waals surface area contributed by atoms with E-state index in [1.807, 2.05) is 6.26 Å². The number of nitrogens with one attached hydrogen (secondary N) is 1. The summed E-state index contributed by atoms with van der Waals surface area (Å²) in [6.07, 6.45) is 4.95. The number of hydrogen-bond donors (Lipinski definition) is 1. The molecule has 7 heteroatoms. The number of rotatable bonds is 9. The molecular formula is C14H31N3O2S2. The molecule has 0 saturated carbocycles. The molecule has 0 aromatic rings. The van der Waals surface area contributed by atoms with E-state index in [9.17, 15) is 8.42 Å². The van der Waals surface area contributed by atoms with Gasteiger partial charge < -0.3 is 5.32 Å². The van der Waals surface area contributed by atoms with E-state index in [0.717, 1.165) is 38.1 Å². The molecule has 0 amide bonds. The molecular weight excluding hydrogens is 306 g/mol. The zero-order chi connectivity index (χ0) is 15.9. The summed E-state index contributed by atoms with van der Waals surface area (Å²) in [5, 5.41) is 3.34. The van der Waals surface area contributed by atoms with E-state index in [1.54, 1.807) is 27.4 Å². The van der Waals surface area contributed by atoms with Crippen molar-refractivity contribution in [1.29, 1.82) is 0 Å². The summed E-state index contributed by atoms with van der Waals surface area (Å²) in [5.74, 6) is 1.28. The Morgan fingerprint density at radius 1 is 1.43 bits per heavy atom. The largest absolute Gasteiger partial charge is 0.317 e. The Morgan fingerprint density at radius 3 is 2.71 bits per heavy atom. The van der Waals surface area contributed by atoms with E-state index in [1.165, 1.54) is 0 Å². The molecule has 1 N–H and O–H groups in total. The van der Waals surface area contributed by atoms with Crippen LogP contribution >= 0.6 is 11.8 Å². The van der Waals surface area contributed by atoms with Gasteiger partial charge in [-0.25, -0.2) is 0 Å². The molecule has 1 saturated heterocycles. The molecule has 1 heterocycles. The normalized spacial score (nSPS) is 22.6. The highest BCUT2D eigenvalue weighted by Gasteiger charge is 2.34. The lowest BCUT2D eigenvalue weighted by molar-refractivity contribution is 0.240. The molecule has 0 spiro atoms. The first-order valence-electron chi connectivity index (χ1n) is 7.90. The zero-order valence-corrected chi connectivity index (χ0v) is 15.5. The summed E-state index contributed by atoms with van der Waals surface area (Å²) in [6, 6.07) is 0.0825. The van der Waals surface area contributed by atoms with Gasteiger partial charge in [-0.05, 0) is 44.5 Å². The third kappa shape index (κ3) is 5.39. The molecule has 0 bridgehead atoms. The fourth-order valence-electron chi connectivity index (χ4n) is 2.79. The predicted molar refractivity (Wildman–Crippen MR) is 92.0 cm³/mol. The van der Waals surface area contributed by atoms with Crippen molar-refractivity contribution >= 4 is 22.0 Å². The molecule has 1 fully saturated rings. The highest BCUT2D eigenvalue weighted by Crippen LogP contribution is 2.22. The van der Waals surface area contributed by atoms with E-state index in [2.05, 4.69) is 19.2 Å². The molecule has 0 radical (unpaired) electrons. The second kappa shape index (κ2) is 9.35. The van der Waals surface area contributed by atoms with Crippen molar-refractivity contribution in [2.24, 2.45) is 5.92 Å². The van der Waals surface area contributed by atoms with Gasteiger partial charge in [-0.15, -0.1) is 0 Å². The standard InChI is InChI=1S/C14H31N3O2S2/c1-5-14(12-20-4)16(3)21(18,19)17-9-7-8-13(11-17)10-15-6-2/h13-15H,5-12H2,1-4H3. The molecule has 1 aliphatic rings. The quantitative estimate of drug-likeness (QED) is 0.695. The lowest BCUT2D eigenvalue weighted by atomic mass is 10.00. The Balaban J connectivity index is 2.71. The summed E-state index contributed by atoms with van der Waals surface area (Å²) in [7, 11) is -1.60. The minimum Gasteiger partial charge on any atom is -0.317 e. The maximum absolute atomic E-state index is 12.8. The van der Waals surface area contributed by atoms with E-state index < -0.39 is 10.2 Å². The molecule has 0 aromatic carbocycles. The molecule has 0 aliphatic carbocycles. The van der Waals surface area contributed by atoms with Crippen molar-refractivity contribution in [3.8, 4) is 0 Å². The number of piperidine rings is 1. The van der Waals surface area contributed by atoms with Crippen LogP contribution in [0.1, 0.15) is 33.1 Å². The highest BCUT2D eigenvalue weighted by atomic mass is 32.2. The molecule has 0 aromatic heterocycles. The fourth-order valence-corrected chi connectivity index (χ4v) is 5.46. The third-order valence-corrected chi connectivity index (χ3v) is 6.93. The van der Waals surface area contributed by atoms with Crippen LogP contribution in [0.2, 0.25) is 0 Å². The van der Waals surface area contributed by atoms with Crippen LogP contribution in [0.5, 0.6) is 0 Å². The van der Waals surface area contributed by atoms with Gasteiger partial charge in [0.25, 0.3) is 10.2 Å². The number of thioether (sulfide) groups is 1. The Labute approximate surface area is 135 Å². The Hall–Kier alpha value is 0.180. The molecule has 2 unspecified atom stereocenters. The number of nitrogens with zero attached hydrogens (tertiary/aromatic N) is 2. The number of hydrogen-bond acceptors (Lipinski definition) is 4. The second-order valence-corrected chi connectivity index (χ2v) is 8.61. The molecule has 21 heavy (non-hydrogen) atoms. The maximum Gasteiger partial charge on any atom is 0.282 e. The summed E-state index contributed by atoms with van der Waals surface area (Å²) in [6.45, 7) is 7.29. The Bertz CT molecular complexity index is 390. The SMILES string of the molecule is CCNCC1CCCN(S(=O)(=O)N(C)C(CC)CSC)C1. The average molecular weight is 338 g/mol. The van der Waals surface area contributed by atoms with Gasteiger partial charge in [0, 0.05) is 31.9 Å². The minimum absolute atomic E-state index is 0.0825. The lowest BCUT2D eigenvalue weighted by Gasteiger charge is -2.36. The van der Waals surface area contributed by atoms with Crippen molar-refractivity contribution in [3.05, 3.63) is 0 Å².